The van der Waals surface area contributed by atoms with E-state index in [1.807, 2.05) is 0 Å². The Labute approximate surface area is 235 Å². The molecule has 0 heterocycles. The third kappa shape index (κ3) is 9.66. The first-order valence-electron chi connectivity index (χ1n) is 12.3. The average Bonchev–Trinajstić information content (AvgIpc) is 2.97. The van der Waals surface area contributed by atoms with Crippen LogP contribution in [0.3, 0.4) is 0 Å². The number of aryl methyl sites for hydroxylation is 1. The zero-order valence-electron chi connectivity index (χ0n) is 22.0. The molecule has 0 aliphatic carbocycles. The maximum atomic E-state index is 12.6. The molecule has 0 atom stereocenters. The van der Waals surface area contributed by atoms with E-state index in [0.29, 0.717) is 18.4 Å². The lowest BCUT2D eigenvalue weighted by Crippen LogP contribution is -2.13. The summed E-state index contributed by atoms with van der Waals surface area (Å²) in [5.41, 5.74) is 0.998. The molecule has 3 aromatic rings. The Balaban J connectivity index is 1.46. The highest BCUT2D eigenvalue weighted by molar-refractivity contribution is 5.92. The van der Waals surface area contributed by atoms with Crippen molar-refractivity contribution in [2.45, 2.75) is 19.8 Å². The summed E-state index contributed by atoms with van der Waals surface area (Å²) in [6.07, 6.45) is 1.13. The van der Waals surface area contributed by atoms with Crippen LogP contribution >= 0.6 is 0 Å². The van der Waals surface area contributed by atoms with Crippen LogP contribution < -0.4 is 18.9 Å². The summed E-state index contributed by atoms with van der Waals surface area (Å²) in [7, 11) is 0. The van der Waals surface area contributed by atoms with Crippen LogP contribution in [0.1, 0.15) is 39.1 Å². The summed E-state index contributed by atoms with van der Waals surface area (Å²) < 4.78 is 30.3. The molecule has 0 fully saturated rings. The van der Waals surface area contributed by atoms with Gasteiger partial charge in [-0.25, -0.2) is 19.2 Å². The van der Waals surface area contributed by atoms with Gasteiger partial charge in [0, 0.05) is 6.08 Å². The molecule has 0 unspecified atom stereocenters. The first kappa shape index (κ1) is 30.1. The lowest BCUT2D eigenvalue weighted by molar-refractivity contribution is -0.137. The molecule has 0 spiro atoms. The summed E-state index contributed by atoms with van der Waals surface area (Å²) in [6.45, 7) is 5.53. The van der Waals surface area contributed by atoms with E-state index in [0.717, 1.165) is 6.08 Å². The largest absolute Gasteiger partial charge is 0.513 e. The van der Waals surface area contributed by atoms with Crippen LogP contribution in [0.4, 0.5) is 4.79 Å². The number of carbonyl (C=O) groups is 5. The molecule has 11 heteroatoms. The number of unbranched alkanes of at least 4 members (excludes halogenated alkanes) is 1. The number of hydrogen-bond donors (Lipinski definition) is 0. The minimum atomic E-state index is -0.913. The summed E-state index contributed by atoms with van der Waals surface area (Å²) in [6, 6.07) is 16.0. The molecular weight excluding hydrogens is 536 g/mol. The van der Waals surface area contributed by atoms with Gasteiger partial charge in [0.05, 0.1) is 24.3 Å². The Hall–Kier alpha value is -5.45. The molecule has 0 amide bonds. The molecule has 0 aromatic heterocycles. The molecule has 41 heavy (non-hydrogen) atoms. The third-order valence-corrected chi connectivity index (χ3v) is 5.29. The van der Waals surface area contributed by atoms with Crippen LogP contribution in [-0.2, 0) is 19.1 Å². The van der Waals surface area contributed by atoms with Gasteiger partial charge in [-0.1, -0.05) is 6.58 Å². The lowest BCUT2D eigenvalue weighted by atomic mass is 10.2. The molecule has 0 N–H and O–H groups in total. The first-order valence-corrected chi connectivity index (χ1v) is 12.3. The maximum absolute atomic E-state index is 12.6. The lowest BCUT2D eigenvalue weighted by Gasteiger charge is -2.10. The van der Waals surface area contributed by atoms with Crippen LogP contribution in [0.25, 0.3) is 0 Å². The SMILES string of the molecule is C=CC(=O)OCCCCOC(=O)Oc1ccc(C(=O)Oc2ccc(OC(=O)c3ccc(OC=O)cc3)cc2C)cc1. The standard InChI is InChI=1S/C30H26O11/c1-3-27(32)36-16-4-5-17-37-30(35)40-24-12-8-22(9-13-24)29(34)41-26-15-14-25(18-20(26)2)39-28(33)21-6-10-23(11-7-21)38-19-31/h3,6-15,18-19H,1,4-5,16-17H2,2H3. The topological polar surface area (TPSA) is 141 Å². The predicted molar refractivity (Wildman–Crippen MR) is 143 cm³/mol. The summed E-state index contributed by atoms with van der Waals surface area (Å²) in [4.78, 5) is 58.1. The molecule has 3 aromatic carbocycles. The van der Waals surface area contributed by atoms with Crippen LogP contribution in [-0.4, -0.2) is 43.7 Å². The Morgan fingerprint density at radius 1 is 0.707 bits per heavy atom. The summed E-state index contributed by atoms with van der Waals surface area (Å²) >= 11 is 0. The molecule has 0 saturated carbocycles. The van der Waals surface area contributed by atoms with Gasteiger partial charge in [0.2, 0.25) is 0 Å². The van der Waals surface area contributed by atoms with E-state index in [9.17, 15) is 24.0 Å². The van der Waals surface area contributed by atoms with Crippen LogP contribution in [0.15, 0.2) is 79.4 Å². The number of carbonyl (C=O) groups excluding carboxylic acids is 5. The Kier molecular flexibility index (Phi) is 11.2. The quantitative estimate of drug-likeness (QED) is 0.0694. The highest BCUT2D eigenvalue weighted by Gasteiger charge is 2.14. The fraction of sp³-hybridized carbons (Fsp3) is 0.167. The van der Waals surface area contributed by atoms with Crippen molar-refractivity contribution in [3.63, 3.8) is 0 Å². The number of esters is 3. The Morgan fingerprint density at radius 3 is 1.85 bits per heavy atom. The molecule has 212 valence electrons. The van der Waals surface area contributed by atoms with E-state index < -0.39 is 24.1 Å². The van der Waals surface area contributed by atoms with Crippen molar-refractivity contribution in [2.24, 2.45) is 0 Å². The smallest absolute Gasteiger partial charge is 0.463 e. The molecule has 0 aliphatic heterocycles. The van der Waals surface area contributed by atoms with Gasteiger partial charge in [-0.05, 0) is 92.1 Å². The molecule has 11 nitrogen and oxygen atoms in total. The fourth-order valence-corrected chi connectivity index (χ4v) is 3.23. The van der Waals surface area contributed by atoms with Gasteiger partial charge < -0.3 is 28.4 Å². The minimum absolute atomic E-state index is 0.0806. The van der Waals surface area contributed by atoms with Gasteiger partial charge >= 0.3 is 24.1 Å². The van der Waals surface area contributed by atoms with Crippen molar-refractivity contribution >= 4 is 30.5 Å². The van der Waals surface area contributed by atoms with E-state index in [1.54, 1.807) is 13.0 Å². The van der Waals surface area contributed by atoms with Gasteiger partial charge in [0.25, 0.3) is 6.47 Å². The molecule has 0 saturated heterocycles. The van der Waals surface area contributed by atoms with E-state index in [1.165, 1.54) is 60.7 Å². The molecule has 3 rings (SSSR count). The Bertz CT molecular complexity index is 1390. The van der Waals surface area contributed by atoms with E-state index in [2.05, 4.69) is 6.58 Å². The summed E-state index contributed by atoms with van der Waals surface area (Å²) in [5, 5.41) is 0. The van der Waals surface area contributed by atoms with Gasteiger partial charge in [-0.2, -0.15) is 0 Å². The fourth-order valence-electron chi connectivity index (χ4n) is 3.23. The van der Waals surface area contributed by atoms with E-state index in [4.69, 9.17) is 28.4 Å². The average molecular weight is 563 g/mol. The highest BCUT2D eigenvalue weighted by Crippen LogP contribution is 2.25. The predicted octanol–water partition coefficient (Wildman–Crippen LogP) is 4.99. The van der Waals surface area contributed by atoms with Crippen molar-refractivity contribution < 1.29 is 52.4 Å². The van der Waals surface area contributed by atoms with Gasteiger partial charge in [0.15, 0.2) is 0 Å². The van der Waals surface area contributed by atoms with E-state index >= 15 is 0 Å². The van der Waals surface area contributed by atoms with Crippen molar-refractivity contribution in [1.29, 1.82) is 0 Å². The summed E-state index contributed by atoms with van der Waals surface area (Å²) in [5.74, 6) is -0.834. The molecule has 0 radical (unpaired) electrons. The normalized spacial score (nSPS) is 10.1. The Morgan fingerprint density at radius 2 is 1.27 bits per heavy atom. The van der Waals surface area contributed by atoms with Gasteiger partial charge in [-0.15, -0.1) is 0 Å². The second-order valence-corrected chi connectivity index (χ2v) is 8.25. The minimum Gasteiger partial charge on any atom is -0.463 e. The van der Waals surface area contributed by atoms with Crippen LogP contribution in [0.2, 0.25) is 0 Å². The highest BCUT2D eigenvalue weighted by atomic mass is 16.7. The van der Waals surface area contributed by atoms with E-state index in [-0.39, 0.29) is 53.8 Å². The molecule has 0 bridgehead atoms. The molecule has 0 aliphatic rings. The van der Waals surface area contributed by atoms with Crippen molar-refractivity contribution in [2.75, 3.05) is 13.2 Å². The second kappa shape index (κ2) is 15.2. The first-order chi connectivity index (χ1) is 19.8. The van der Waals surface area contributed by atoms with Crippen molar-refractivity contribution in [3.05, 3.63) is 96.1 Å². The number of benzene rings is 3. The van der Waals surface area contributed by atoms with Crippen LogP contribution in [0, 0.1) is 6.92 Å². The zero-order chi connectivity index (χ0) is 29.6. The van der Waals surface area contributed by atoms with Crippen LogP contribution in [0.5, 0.6) is 23.0 Å². The monoisotopic (exact) mass is 562 g/mol. The molecular formula is C30H26O11. The third-order valence-electron chi connectivity index (χ3n) is 5.29. The number of ether oxygens (including phenoxy) is 6. The van der Waals surface area contributed by atoms with Gasteiger partial charge in [0.1, 0.15) is 23.0 Å². The number of hydrogen-bond acceptors (Lipinski definition) is 11. The zero-order valence-corrected chi connectivity index (χ0v) is 22.0. The van der Waals surface area contributed by atoms with Crippen molar-refractivity contribution in [3.8, 4) is 23.0 Å². The maximum Gasteiger partial charge on any atom is 0.513 e. The number of rotatable bonds is 13. The second-order valence-electron chi connectivity index (χ2n) is 8.25. The van der Waals surface area contributed by atoms with Crippen molar-refractivity contribution in [1.82, 2.24) is 0 Å². The van der Waals surface area contributed by atoms with Gasteiger partial charge in [-0.3, -0.25) is 4.79 Å².